The van der Waals surface area contributed by atoms with Crippen LogP contribution in [-0.2, 0) is 4.79 Å². The van der Waals surface area contributed by atoms with Crippen molar-refractivity contribution in [2.75, 3.05) is 0 Å². The van der Waals surface area contributed by atoms with Crippen LogP contribution in [0.25, 0.3) is 0 Å². The molecule has 0 aliphatic rings. The van der Waals surface area contributed by atoms with Crippen LogP contribution in [0.3, 0.4) is 0 Å². The highest BCUT2D eigenvalue weighted by Crippen LogP contribution is 2.22. The van der Waals surface area contributed by atoms with E-state index >= 15 is 0 Å². The Hall–Kier alpha value is -2.15. The number of carbonyl (C=O) groups excluding carboxylic acids is 1. The number of hydrogen-bond donors (Lipinski definition) is 2. The molecule has 114 valence electrons. The normalized spacial score (nSPS) is 11.7. The first-order valence-corrected chi connectivity index (χ1v) is 6.72. The Morgan fingerprint density at radius 1 is 1.48 bits per heavy atom. The van der Waals surface area contributed by atoms with Crippen molar-refractivity contribution in [3.63, 3.8) is 0 Å². The number of carboxylic acids is 1. The molecular formula is C13H15ClN2O5. The van der Waals surface area contributed by atoms with Gasteiger partial charge in [0.1, 0.15) is 6.04 Å². The Bertz CT molecular complexity index is 561. The molecule has 7 nitrogen and oxygen atoms in total. The zero-order valence-electron chi connectivity index (χ0n) is 11.3. The molecule has 0 aliphatic heterocycles. The van der Waals surface area contributed by atoms with Crippen LogP contribution in [0, 0.1) is 10.1 Å². The summed E-state index contributed by atoms with van der Waals surface area (Å²) in [6, 6.07) is 2.38. The van der Waals surface area contributed by atoms with Crippen molar-refractivity contribution in [2.45, 2.75) is 32.2 Å². The van der Waals surface area contributed by atoms with Gasteiger partial charge in [-0.25, -0.2) is 4.79 Å². The summed E-state index contributed by atoms with van der Waals surface area (Å²) in [7, 11) is 0. The summed E-state index contributed by atoms with van der Waals surface area (Å²) < 4.78 is 0. The van der Waals surface area contributed by atoms with Gasteiger partial charge in [-0.2, -0.15) is 0 Å². The maximum atomic E-state index is 12.0. The first-order valence-electron chi connectivity index (χ1n) is 6.34. The minimum absolute atomic E-state index is 0.0257. The SMILES string of the molecule is CCCC[C@H](NC(=O)c1cc([N+](=O)[O-])ccc1Cl)C(=O)O. The number of carbonyl (C=O) groups is 2. The smallest absolute Gasteiger partial charge is 0.326 e. The van der Waals surface area contributed by atoms with E-state index < -0.39 is 22.8 Å². The van der Waals surface area contributed by atoms with Crippen LogP contribution in [0.15, 0.2) is 18.2 Å². The standard InChI is InChI=1S/C13H15ClN2O5/c1-2-3-4-11(13(18)19)15-12(17)9-7-8(16(20)21)5-6-10(9)14/h5-7,11H,2-4H2,1H3,(H,15,17)(H,18,19)/t11-/m0/s1. The molecule has 0 fully saturated rings. The van der Waals surface area contributed by atoms with Gasteiger partial charge in [-0.05, 0) is 12.5 Å². The molecule has 8 heteroatoms. The second kappa shape index (κ2) is 7.58. The molecule has 0 bridgehead atoms. The average molecular weight is 315 g/mol. The molecule has 0 unspecified atom stereocenters. The van der Waals surface area contributed by atoms with Gasteiger partial charge in [0.25, 0.3) is 11.6 Å². The van der Waals surface area contributed by atoms with Gasteiger partial charge >= 0.3 is 5.97 Å². The minimum Gasteiger partial charge on any atom is -0.480 e. The number of nitrogens with one attached hydrogen (secondary N) is 1. The molecule has 0 saturated carbocycles. The fourth-order valence-corrected chi connectivity index (χ4v) is 1.91. The van der Waals surface area contributed by atoms with Gasteiger partial charge in [0.2, 0.25) is 0 Å². The molecule has 21 heavy (non-hydrogen) atoms. The third kappa shape index (κ3) is 4.71. The van der Waals surface area contributed by atoms with Crippen molar-refractivity contribution in [1.29, 1.82) is 0 Å². The predicted octanol–water partition coefficient (Wildman–Crippen LogP) is 2.62. The van der Waals surface area contributed by atoms with Crippen LogP contribution in [0.2, 0.25) is 5.02 Å². The van der Waals surface area contributed by atoms with Crippen molar-refractivity contribution >= 4 is 29.2 Å². The highest BCUT2D eigenvalue weighted by Gasteiger charge is 2.22. The highest BCUT2D eigenvalue weighted by atomic mass is 35.5. The number of nitro benzene ring substituents is 1. The van der Waals surface area contributed by atoms with Crippen molar-refractivity contribution in [1.82, 2.24) is 5.32 Å². The Morgan fingerprint density at radius 3 is 2.67 bits per heavy atom. The Morgan fingerprint density at radius 2 is 2.14 bits per heavy atom. The number of rotatable bonds is 7. The number of aliphatic carboxylic acids is 1. The van der Waals surface area contributed by atoms with Crippen LogP contribution in [0.4, 0.5) is 5.69 Å². The molecule has 1 aromatic carbocycles. The molecule has 0 aliphatic carbocycles. The number of halogens is 1. The molecule has 1 amide bonds. The molecular weight excluding hydrogens is 300 g/mol. The van der Waals surface area contributed by atoms with Crippen molar-refractivity contribution < 1.29 is 19.6 Å². The van der Waals surface area contributed by atoms with E-state index in [-0.39, 0.29) is 22.7 Å². The number of non-ortho nitro benzene ring substituents is 1. The van der Waals surface area contributed by atoms with Gasteiger partial charge in [-0.3, -0.25) is 14.9 Å². The van der Waals surface area contributed by atoms with Crippen LogP contribution < -0.4 is 5.32 Å². The number of nitro groups is 1. The molecule has 0 heterocycles. The highest BCUT2D eigenvalue weighted by molar-refractivity contribution is 6.34. The fraction of sp³-hybridized carbons (Fsp3) is 0.385. The first-order chi connectivity index (χ1) is 9.86. The van der Waals surface area contributed by atoms with Gasteiger partial charge in [0, 0.05) is 12.1 Å². The van der Waals surface area contributed by atoms with E-state index in [1.165, 1.54) is 12.1 Å². The van der Waals surface area contributed by atoms with E-state index in [1.807, 2.05) is 6.92 Å². The monoisotopic (exact) mass is 314 g/mol. The van der Waals surface area contributed by atoms with Gasteiger partial charge in [-0.1, -0.05) is 31.4 Å². The Balaban J connectivity index is 2.94. The number of unbranched alkanes of at least 4 members (excludes halogenated alkanes) is 1. The quantitative estimate of drug-likeness (QED) is 0.594. The third-order valence-corrected chi connectivity index (χ3v) is 3.18. The summed E-state index contributed by atoms with van der Waals surface area (Å²) in [4.78, 5) is 33.2. The minimum atomic E-state index is -1.15. The van der Waals surface area contributed by atoms with E-state index in [4.69, 9.17) is 16.7 Å². The lowest BCUT2D eigenvalue weighted by atomic mass is 10.1. The maximum Gasteiger partial charge on any atom is 0.326 e. The predicted molar refractivity (Wildman–Crippen MR) is 76.5 cm³/mol. The summed E-state index contributed by atoms with van der Waals surface area (Å²) in [5, 5.41) is 22.1. The Labute approximate surface area is 126 Å². The lowest BCUT2D eigenvalue weighted by Gasteiger charge is -2.14. The number of carboxylic acid groups (broad SMARTS) is 1. The van der Waals surface area contributed by atoms with Crippen LogP contribution in [-0.4, -0.2) is 27.9 Å². The molecule has 1 atom stereocenters. The Kier molecular flexibility index (Phi) is 6.10. The largest absolute Gasteiger partial charge is 0.480 e. The molecule has 1 rings (SSSR count). The van der Waals surface area contributed by atoms with E-state index in [1.54, 1.807) is 0 Å². The summed E-state index contributed by atoms with van der Waals surface area (Å²) in [5.74, 6) is -1.90. The third-order valence-electron chi connectivity index (χ3n) is 2.86. The summed E-state index contributed by atoms with van der Waals surface area (Å²) in [5.41, 5.74) is -0.404. The molecule has 0 spiro atoms. The molecule has 2 N–H and O–H groups in total. The van der Waals surface area contributed by atoms with Crippen molar-refractivity contribution in [2.24, 2.45) is 0 Å². The zero-order chi connectivity index (χ0) is 16.0. The van der Waals surface area contributed by atoms with Crippen LogP contribution in [0.1, 0.15) is 36.5 Å². The molecule has 0 saturated heterocycles. The number of hydrogen-bond acceptors (Lipinski definition) is 4. The van der Waals surface area contributed by atoms with E-state index in [2.05, 4.69) is 5.32 Å². The summed E-state index contributed by atoms with van der Waals surface area (Å²) in [6.07, 6.45) is 1.71. The number of amides is 1. The first kappa shape index (κ1) is 16.9. The van der Waals surface area contributed by atoms with E-state index in [9.17, 15) is 19.7 Å². The average Bonchev–Trinajstić information content (AvgIpc) is 2.42. The zero-order valence-corrected chi connectivity index (χ0v) is 12.1. The second-order valence-electron chi connectivity index (χ2n) is 4.43. The van der Waals surface area contributed by atoms with Gasteiger partial charge in [0.05, 0.1) is 15.5 Å². The van der Waals surface area contributed by atoms with E-state index in [0.717, 1.165) is 12.5 Å². The summed E-state index contributed by atoms with van der Waals surface area (Å²) in [6.45, 7) is 1.90. The second-order valence-corrected chi connectivity index (χ2v) is 4.83. The van der Waals surface area contributed by atoms with Crippen LogP contribution >= 0.6 is 11.6 Å². The summed E-state index contributed by atoms with van der Waals surface area (Å²) >= 11 is 5.83. The van der Waals surface area contributed by atoms with Gasteiger partial charge in [0.15, 0.2) is 0 Å². The molecule has 0 radical (unpaired) electrons. The number of nitrogens with zero attached hydrogens (tertiary/aromatic N) is 1. The fourth-order valence-electron chi connectivity index (χ4n) is 1.70. The number of benzene rings is 1. The molecule has 1 aromatic rings. The van der Waals surface area contributed by atoms with Gasteiger partial charge < -0.3 is 10.4 Å². The lowest BCUT2D eigenvalue weighted by Crippen LogP contribution is -2.40. The van der Waals surface area contributed by atoms with Crippen LogP contribution in [0.5, 0.6) is 0 Å². The lowest BCUT2D eigenvalue weighted by molar-refractivity contribution is -0.384. The van der Waals surface area contributed by atoms with Crippen molar-refractivity contribution in [3.8, 4) is 0 Å². The van der Waals surface area contributed by atoms with E-state index in [0.29, 0.717) is 6.42 Å². The molecule has 0 aromatic heterocycles. The van der Waals surface area contributed by atoms with Gasteiger partial charge in [-0.15, -0.1) is 0 Å². The maximum absolute atomic E-state index is 12.0. The van der Waals surface area contributed by atoms with Crippen molar-refractivity contribution in [3.05, 3.63) is 38.9 Å². The topological polar surface area (TPSA) is 110 Å².